The van der Waals surface area contributed by atoms with Crippen molar-refractivity contribution in [3.05, 3.63) is 42.7 Å². The third-order valence-corrected chi connectivity index (χ3v) is 2.70. The molecule has 0 amide bonds. The molecular weight excluding hydrogens is 238 g/mol. The summed E-state index contributed by atoms with van der Waals surface area (Å²) in [5, 5.41) is 3.35. The van der Waals surface area contributed by atoms with Crippen molar-refractivity contribution in [2.75, 3.05) is 5.32 Å². The summed E-state index contributed by atoms with van der Waals surface area (Å²) in [6.07, 6.45) is 7.61. The third kappa shape index (κ3) is 4.28. The van der Waals surface area contributed by atoms with Crippen LogP contribution in [0.4, 0.5) is 5.95 Å². The molecule has 0 saturated heterocycles. The van der Waals surface area contributed by atoms with Gasteiger partial charge in [0, 0.05) is 12.4 Å². The standard InChI is InChI=1S/C14H19N5/c1-14(2,3)7-12(11-5-4-6-15-8-11)19-13-17-9-16-10-18-13/h4-6,8-10,12H,7H2,1-3H3,(H,16,17,18,19)/t12-/m1/s1. The van der Waals surface area contributed by atoms with E-state index in [1.54, 1.807) is 6.20 Å². The number of nitrogens with zero attached hydrogens (tertiary/aromatic N) is 4. The van der Waals surface area contributed by atoms with Crippen LogP contribution in [0.25, 0.3) is 0 Å². The van der Waals surface area contributed by atoms with Crippen molar-refractivity contribution in [2.45, 2.75) is 33.2 Å². The van der Waals surface area contributed by atoms with Gasteiger partial charge in [-0.2, -0.15) is 0 Å². The molecule has 19 heavy (non-hydrogen) atoms. The van der Waals surface area contributed by atoms with E-state index in [-0.39, 0.29) is 11.5 Å². The van der Waals surface area contributed by atoms with Crippen LogP contribution in [0.3, 0.4) is 0 Å². The molecule has 1 atom stereocenters. The molecule has 5 nitrogen and oxygen atoms in total. The molecule has 0 spiro atoms. The first-order valence-corrected chi connectivity index (χ1v) is 6.33. The van der Waals surface area contributed by atoms with E-state index in [9.17, 15) is 0 Å². The van der Waals surface area contributed by atoms with Gasteiger partial charge in [0.2, 0.25) is 5.95 Å². The predicted octanol–water partition coefficient (Wildman–Crippen LogP) is 2.86. The van der Waals surface area contributed by atoms with Crippen LogP contribution in [0.2, 0.25) is 0 Å². The Balaban J connectivity index is 2.20. The Labute approximate surface area is 113 Å². The molecule has 0 aliphatic carbocycles. The Morgan fingerprint density at radius 3 is 2.47 bits per heavy atom. The lowest BCUT2D eigenvalue weighted by Gasteiger charge is -2.26. The molecule has 2 aromatic heterocycles. The minimum atomic E-state index is 0.135. The average Bonchev–Trinajstić information content (AvgIpc) is 2.39. The summed E-state index contributed by atoms with van der Waals surface area (Å²) in [5.41, 5.74) is 1.33. The molecule has 0 saturated carbocycles. The van der Waals surface area contributed by atoms with Crippen molar-refractivity contribution in [3.63, 3.8) is 0 Å². The number of anilines is 1. The minimum Gasteiger partial charge on any atom is -0.347 e. The Bertz CT molecular complexity index is 492. The van der Waals surface area contributed by atoms with Gasteiger partial charge >= 0.3 is 0 Å². The van der Waals surface area contributed by atoms with Crippen LogP contribution >= 0.6 is 0 Å². The van der Waals surface area contributed by atoms with Gasteiger partial charge in [-0.1, -0.05) is 26.8 Å². The predicted molar refractivity (Wildman–Crippen MR) is 74.5 cm³/mol. The summed E-state index contributed by atoms with van der Waals surface area (Å²) < 4.78 is 0. The molecule has 0 bridgehead atoms. The van der Waals surface area contributed by atoms with Gasteiger partial charge in [0.25, 0.3) is 0 Å². The largest absolute Gasteiger partial charge is 0.347 e. The summed E-state index contributed by atoms with van der Waals surface area (Å²) in [6.45, 7) is 6.64. The van der Waals surface area contributed by atoms with Crippen molar-refractivity contribution in [3.8, 4) is 0 Å². The smallest absolute Gasteiger partial charge is 0.226 e. The van der Waals surface area contributed by atoms with E-state index in [0.717, 1.165) is 12.0 Å². The van der Waals surface area contributed by atoms with Gasteiger partial charge in [-0.05, 0) is 23.5 Å². The van der Waals surface area contributed by atoms with Gasteiger partial charge in [0.1, 0.15) is 12.7 Å². The molecule has 100 valence electrons. The van der Waals surface area contributed by atoms with Gasteiger partial charge in [-0.15, -0.1) is 0 Å². The second-order valence-corrected chi connectivity index (χ2v) is 5.71. The van der Waals surface area contributed by atoms with Gasteiger partial charge < -0.3 is 5.32 Å². The fourth-order valence-electron chi connectivity index (χ4n) is 1.92. The van der Waals surface area contributed by atoms with E-state index < -0.39 is 0 Å². The normalized spacial score (nSPS) is 13.0. The maximum Gasteiger partial charge on any atom is 0.226 e. The average molecular weight is 257 g/mol. The fraction of sp³-hybridized carbons (Fsp3) is 0.429. The van der Waals surface area contributed by atoms with E-state index in [1.165, 1.54) is 12.7 Å². The number of nitrogens with one attached hydrogen (secondary N) is 1. The van der Waals surface area contributed by atoms with Crippen LogP contribution in [0.5, 0.6) is 0 Å². The quantitative estimate of drug-likeness (QED) is 0.912. The van der Waals surface area contributed by atoms with Crippen molar-refractivity contribution in [2.24, 2.45) is 5.41 Å². The highest BCUT2D eigenvalue weighted by atomic mass is 15.1. The summed E-state index contributed by atoms with van der Waals surface area (Å²) in [6, 6.07) is 4.15. The van der Waals surface area contributed by atoms with Crippen LogP contribution < -0.4 is 5.32 Å². The number of hydrogen-bond acceptors (Lipinski definition) is 5. The Kier molecular flexibility index (Phi) is 4.04. The number of aromatic nitrogens is 4. The van der Waals surface area contributed by atoms with Gasteiger partial charge in [-0.25, -0.2) is 15.0 Å². The van der Waals surface area contributed by atoms with Crippen molar-refractivity contribution in [1.29, 1.82) is 0 Å². The molecule has 0 aliphatic rings. The zero-order valence-electron chi connectivity index (χ0n) is 11.5. The second-order valence-electron chi connectivity index (χ2n) is 5.71. The van der Waals surface area contributed by atoms with E-state index in [1.807, 2.05) is 12.3 Å². The zero-order chi connectivity index (χ0) is 13.7. The van der Waals surface area contributed by atoms with Crippen LogP contribution in [-0.2, 0) is 0 Å². The monoisotopic (exact) mass is 257 g/mol. The summed E-state index contributed by atoms with van der Waals surface area (Å²) in [7, 11) is 0. The first-order chi connectivity index (χ1) is 9.04. The molecule has 2 heterocycles. The first kappa shape index (κ1) is 13.4. The number of pyridine rings is 1. The Morgan fingerprint density at radius 1 is 1.16 bits per heavy atom. The molecule has 0 unspecified atom stereocenters. The van der Waals surface area contributed by atoms with Gasteiger partial charge in [-0.3, -0.25) is 4.98 Å². The zero-order valence-corrected chi connectivity index (χ0v) is 11.5. The van der Waals surface area contributed by atoms with E-state index in [2.05, 4.69) is 52.1 Å². The van der Waals surface area contributed by atoms with Crippen molar-refractivity contribution < 1.29 is 0 Å². The highest BCUT2D eigenvalue weighted by Crippen LogP contribution is 2.30. The SMILES string of the molecule is CC(C)(C)C[C@@H](Nc1ncncn1)c1cccnc1. The van der Waals surface area contributed by atoms with Crippen LogP contribution in [-0.4, -0.2) is 19.9 Å². The van der Waals surface area contributed by atoms with E-state index >= 15 is 0 Å². The topological polar surface area (TPSA) is 63.6 Å². The van der Waals surface area contributed by atoms with Crippen LogP contribution in [0.15, 0.2) is 37.2 Å². The molecule has 0 aliphatic heterocycles. The number of rotatable bonds is 4. The van der Waals surface area contributed by atoms with Gasteiger partial charge in [0.15, 0.2) is 0 Å². The molecule has 2 aromatic rings. The van der Waals surface area contributed by atoms with E-state index in [0.29, 0.717) is 5.95 Å². The molecular formula is C14H19N5. The maximum absolute atomic E-state index is 4.18. The van der Waals surface area contributed by atoms with Gasteiger partial charge in [0.05, 0.1) is 6.04 Å². The van der Waals surface area contributed by atoms with Crippen molar-refractivity contribution >= 4 is 5.95 Å². The maximum atomic E-state index is 4.18. The summed E-state index contributed by atoms with van der Waals surface area (Å²) in [5.74, 6) is 0.591. The lowest BCUT2D eigenvalue weighted by molar-refractivity contribution is 0.351. The molecule has 2 rings (SSSR count). The van der Waals surface area contributed by atoms with Crippen LogP contribution in [0, 0.1) is 5.41 Å². The van der Waals surface area contributed by atoms with Crippen LogP contribution in [0.1, 0.15) is 38.8 Å². The molecule has 5 heteroatoms. The lowest BCUT2D eigenvalue weighted by Crippen LogP contribution is -2.20. The lowest BCUT2D eigenvalue weighted by atomic mass is 9.86. The second kappa shape index (κ2) is 5.73. The molecule has 0 aromatic carbocycles. The van der Waals surface area contributed by atoms with E-state index in [4.69, 9.17) is 0 Å². The molecule has 1 N–H and O–H groups in total. The highest BCUT2D eigenvalue weighted by Gasteiger charge is 2.21. The summed E-state index contributed by atoms with van der Waals surface area (Å²) >= 11 is 0. The molecule has 0 radical (unpaired) electrons. The minimum absolute atomic E-state index is 0.135. The van der Waals surface area contributed by atoms with Crippen molar-refractivity contribution in [1.82, 2.24) is 19.9 Å². The molecule has 0 fully saturated rings. The highest BCUT2D eigenvalue weighted by molar-refractivity contribution is 5.29. The third-order valence-electron chi connectivity index (χ3n) is 2.70. The Morgan fingerprint density at radius 2 is 1.89 bits per heavy atom. The number of hydrogen-bond donors (Lipinski definition) is 1. The first-order valence-electron chi connectivity index (χ1n) is 6.33. The summed E-state index contributed by atoms with van der Waals surface area (Å²) in [4.78, 5) is 16.3. The Hall–Kier alpha value is -2.04. The fourth-order valence-corrected chi connectivity index (χ4v) is 1.92.